The normalized spacial score (nSPS) is 13.6. The van der Waals surface area contributed by atoms with Crippen molar-refractivity contribution in [2.75, 3.05) is 33.5 Å². The van der Waals surface area contributed by atoms with E-state index < -0.39 is 34.9 Å². The fourth-order valence-corrected chi connectivity index (χ4v) is 23.0. The number of fused-ring (bicyclic) bond motifs is 1. The van der Waals surface area contributed by atoms with Crippen molar-refractivity contribution >= 4 is 76.0 Å². The van der Waals surface area contributed by atoms with Gasteiger partial charge in [0.05, 0.1) is 19.3 Å². The number of benzene rings is 7. The first-order valence-electron chi connectivity index (χ1n) is 33.4. The number of ketones is 1. The first kappa shape index (κ1) is 70.9. The van der Waals surface area contributed by atoms with Crippen LogP contribution in [-0.4, -0.2) is 72.9 Å². The van der Waals surface area contributed by atoms with E-state index in [-0.39, 0.29) is 39.8 Å². The van der Waals surface area contributed by atoms with E-state index in [2.05, 4.69) is 214 Å². The number of amides is 1. The maximum atomic E-state index is 14.5. The van der Waals surface area contributed by atoms with Gasteiger partial charge in [0.2, 0.25) is 0 Å². The minimum absolute atomic E-state index is 0.0215. The number of Topliss-reactive ketones (excluding diaryl/α,β-unsaturated/α-hetero) is 1. The molecule has 1 N–H and O–H groups in total. The van der Waals surface area contributed by atoms with Gasteiger partial charge in [-0.05, 0) is 84.5 Å². The lowest BCUT2D eigenvalue weighted by Crippen LogP contribution is -2.67. The van der Waals surface area contributed by atoms with E-state index in [9.17, 15) is 9.59 Å². The van der Waals surface area contributed by atoms with Gasteiger partial charge in [-0.2, -0.15) is 0 Å². The Morgan fingerprint density at radius 2 is 0.865 bits per heavy atom. The molecule has 478 valence electrons. The number of methoxy groups -OCH3 is 1. The van der Waals surface area contributed by atoms with Gasteiger partial charge in [-0.1, -0.05) is 335 Å². The Kier molecular flexibility index (Phi) is 29.6. The van der Waals surface area contributed by atoms with Gasteiger partial charge in [-0.15, -0.1) is 0 Å². The number of rotatable bonds is 40. The van der Waals surface area contributed by atoms with E-state index in [1.54, 1.807) is 7.11 Å². The molecule has 0 radical (unpaired) electrons. The number of unbranched alkanes of at least 4 members (excludes halogenated alkanes) is 13. The summed E-state index contributed by atoms with van der Waals surface area (Å²) < 4.78 is 32.5. The van der Waals surface area contributed by atoms with Crippen molar-refractivity contribution in [3.63, 3.8) is 0 Å². The van der Waals surface area contributed by atoms with Gasteiger partial charge < -0.3 is 28.4 Å². The van der Waals surface area contributed by atoms with E-state index in [1.165, 1.54) is 71.1 Å². The number of halogens is 1. The van der Waals surface area contributed by atoms with Crippen LogP contribution in [0.3, 0.4) is 0 Å². The van der Waals surface area contributed by atoms with Gasteiger partial charge >= 0.3 is 6.09 Å². The second-order valence-corrected chi connectivity index (χ2v) is 36.4. The minimum Gasteiger partial charge on any atom is -0.445 e. The minimum atomic E-state index is -2.85. The quantitative estimate of drug-likeness (QED) is 0.0232. The zero-order chi connectivity index (χ0) is 63.2. The monoisotopic (exact) mass is 1300 g/mol. The molecule has 0 heterocycles. The van der Waals surface area contributed by atoms with Crippen molar-refractivity contribution in [3.8, 4) is 0 Å². The topological polar surface area (TPSA) is 92.3 Å². The average molecular weight is 1300 g/mol. The van der Waals surface area contributed by atoms with Crippen LogP contribution in [0.15, 0.2) is 194 Å². The number of hydrogen-bond donors (Lipinski definition) is 1. The Morgan fingerprint density at radius 3 is 1.33 bits per heavy atom. The van der Waals surface area contributed by atoms with Crippen LogP contribution in [0, 0.1) is 5.92 Å². The van der Waals surface area contributed by atoms with Gasteiger partial charge in [0, 0.05) is 31.1 Å². The van der Waals surface area contributed by atoms with Gasteiger partial charge in [0.1, 0.15) is 12.7 Å². The Morgan fingerprint density at radius 1 is 0.461 bits per heavy atom. The van der Waals surface area contributed by atoms with Crippen molar-refractivity contribution in [2.45, 2.75) is 191 Å². The smallest absolute Gasteiger partial charge is 0.407 e. The first-order chi connectivity index (χ1) is 43.2. The number of carbonyl (C=O) groups excluding carboxylic acids is 2. The summed E-state index contributed by atoms with van der Waals surface area (Å²) in [6.07, 6.45) is 19.0. The largest absolute Gasteiger partial charge is 0.445 e. The maximum Gasteiger partial charge on any atom is 0.407 e. The van der Waals surface area contributed by atoms with E-state index >= 15 is 0 Å². The predicted octanol–water partition coefficient (Wildman–Crippen LogP) is 18.0. The Balaban J connectivity index is 0.821. The molecule has 4 atom stereocenters. The second kappa shape index (κ2) is 37.1. The highest BCUT2D eigenvalue weighted by Gasteiger charge is 2.51. The van der Waals surface area contributed by atoms with Gasteiger partial charge in [-0.25, -0.2) is 4.79 Å². The standard InChI is InChI=1S/C78H104BrNO7Si2/c1-77(2,3)88(70-47-29-20-30-48-70,71-49-31-21-32-50-71)86-60-68(79)46-28-17-14-16-27-44-65(74(81)75(83-7)67-56-55-64-42-37-38-45-66(64)58-67)43-26-15-12-10-8-9-11-13-18-39-57-84-61-69(80-76(82)85-59-63-40-24-19-25-41-63)62-87-89(78(4,5)6,72-51-33-22-34-52-72)73-53-35-23-36-54-73/h19-25,29-38,40-42,45,47-56,58,65,68-69,75H,8-18,26-28,39,43-44,46,57,59-62H2,1-7H3,(H,80,82)/t65?,68-,69-,75-/m1/s1. The fourth-order valence-electron chi connectivity index (χ4n) is 13.1. The maximum absolute atomic E-state index is 14.5. The van der Waals surface area contributed by atoms with Crippen LogP contribution in [0.2, 0.25) is 10.1 Å². The number of alkyl carbamates (subject to hydrolysis) is 1. The van der Waals surface area contributed by atoms with E-state index in [4.69, 9.17) is 23.1 Å². The number of carbonyl (C=O) groups is 2. The molecule has 0 saturated carbocycles. The molecule has 8 nitrogen and oxygen atoms in total. The molecular formula is C78H104BrNO7Si2. The molecular weight excluding hydrogens is 1200 g/mol. The predicted molar refractivity (Wildman–Crippen MR) is 380 cm³/mol. The molecule has 0 aliphatic carbocycles. The number of ether oxygens (including phenoxy) is 3. The third-order valence-electron chi connectivity index (χ3n) is 17.8. The Labute approximate surface area is 546 Å². The molecule has 7 aromatic rings. The number of hydrogen-bond acceptors (Lipinski definition) is 7. The molecule has 0 bridgehead atoms. The highest BCUT2D eigenvalue weighted by atomic mass is 79.9. The summed E-state index contributed by atoms with van der Waals surface area (Å²) in [5, 5.41) is 10.2. The molecule has 0 aliphatic heterocycles. The molecule has 0 fully saturated rings. The molecule has 1 amide bonds. The number of nitrogens with one attached hydrogen (secondary N) is 1. The molecule has 11 heteroatoms. The van der Waals surface area contributed by atoms with Crippen molar-refractivity contribution in [1.29, 1.82) is 0 Å². The lowest BCUT2D eigenvalue weighted by Gasteiger charge is -2.43. The summed E-state index contributed by atoms with van der Waals surface area (Å²) in [6, 6.07) is 67.0. The average Bonchev–Trinajstić information content (AvgIpc) is 0.906. The summed E-state index contributed by atoms with van der Waals surface area (Å²) >= 11 is 4.04. The molecule has 0 aromatic heterocycles. The van der Waals surface area contributed by atoms with Crippen molar-refractivity contribution in [2.24, 2.45) is 5.92 Å². The highest BCUT2D eigenvalue weighted by Crippen LogP contribution is 2.39. The number of alkyl halides is 1. The van der Waals surface area contributed by atoms with Crippen molar-refractivity contribution in [3.05, 3.63) is 205 Å². The first-order valence-corrected chi connectivity index (χ1v) is 38.1. The van der Waals surface area contributed by atoms with E-state index in [0.29, 0.717) is 19.8 Å². The summed E-state index contributed by atoms with van der Waals surface area (Å²) in [6.45, 7) is 15.9. The van der Waals surface area contributed by atoms with Crippen molar-refractivity contribution in [1.82, 2.24) is 5.32 Å². The molecule has 7 aromatic carbocycles. The summed E-state index contributed by atoms with van der Waals surface area (Å²) in [4.78, 5) is 28.1. The fraction of sp³-hybridized carbons (Fsp3) is 0.462. The third-order valence-corrected chi connectivity index (χ3v) is 28.5. The molecule has 7 rings (SSSR count). The lowest BCUT2D eigenvalue weighted by atomic mass is 9.86. The van der Waals surface area contributed by atoms with Crippen LogP contribution in [-0.2, 0) is 34.5 Å². The SMILES string of the molecule is CO[C@@H](C(=O)C(CCCCCCCCCCCCOC[C@H](CO[Si](c1ccccc1)(c1ccccc1)C(C)(C)C)NC(=O)OCc1ccccc1)CCCCCCC[C@@H](Br)CO[Si](c1ccccc1)(c1ccccc1)C(C)(C)C)c1ccc2ccccc2c1. The van der Waals surface area contributed by atoms with Crippen LogP contribution < -0.4 is 26.1 Å². The molecule has 0 spiro atoms. The van der Waals surface area contributed by atoms with Crippen LogP contribution in [0.25, 0.3) is 10.8 Å². The van der Waals surface area contributed by atoms with Gasteiger partial charge in [-0.3, -0.25) is 4.79 Å². The summed E-state index contributed by atoms with van der Waals surface area (Å²) in [5.41, 5.74) is 1.88. The van der Waals surface area contributed by atoms with E-state index in [1.807, 2.05) is 42.5 Å². The zero-order valence-electron chi connectivity index (χ0n) is 54.8. The molecule has 89 heavy (non-hydrogen) atoms. The van der Waals surface area contributed by atoms with Crippen LogP contribution in [0.5, 0.6) is 0 Å². The van der Waals surface area contributed by atoms with Crippen LogP contribution in [0.1, 0.15) is 174 Å². The van der Waals surface area contributed by atoms with Gasteiger partial charge in [0.15, 0.2) is 5.78 Å². The second-order valence-electron chi connectivity index (χ2n) is 26.5. The third kappa shape index (κ3) is 21.3. The van der Waals surface area contributed by atoms with Gasteiger partial charge in [0.25, 0.3) is 16.6 Å². The summed E-state index contributed by atoms with van der Waals surface area (Å²) in [7, 11) is -3.74. The van der Waals surface area contributed by atoms with Crippen LogP contribution in [0.4, 0.5) is 4.79 Å². The zero-order valence-corrected chi connectivity index (χ0v) is 58.4. The lowest BCUT2D eigenvalue weighted by molar-refractivity contribution is -0.133. The van der Waals surface area contributed by atoms with Crippen molar-refractivity contribution < 1.29 is 32.7 Å². The molecule has 0 aliphatic rings. The Bertz CT molecular complexity index is 3010. The van der Waals surface area contributed by atoms with Crippen LogP contribution >= 0.6 is 15.9 Å². The Hall–Kier alpha value is -5.51. The highest BCUT2D eigenvalue weighted by molar-refractivity contribution is 9.09. The van der Waals surface area contributed by atoms with E-state index in [0.717, 1.165) is 87.1 Å². The molecule has 0 saturated heterocycles. The molecule has 1 unspecified atom stereocenters. The summed E-state index contributed by atoms with van der Waals surface area (Å²) in [5.74, 6) is 0.207.